The molecule has 18 heavy (non-hydrogen) atoms. The van der Waals surface area contributed by atoms with Crippen LogP contribution in [0.2, 0.25) is 0 Å². The number of aryl methyl sites for hydroxylation is 2. The average Bonchev–Trinajstić information content (AvgIpc) is 2.84. The molecular formula is C13H21N5. The maximum atomic E-state index is 6.13. The second-order valence-corrected chi connectivity index (χ2v) is 4.74. The van der Waals surface area contributed by atoms with Crippen LogP contribution in [0.5, 0.6) is 0 Å². The van der Waals surface area contributed by atoms with Crippen LogP contribution < -0.4 is 5.73 Å². The highest BCUT2D eigenvalue weighted by Gasteiger charge is 2.16. The summed E-state index contributed by atoms with van der Waals surface area (Å²) in [5.41, 5.74) is 10.5. The van der Waals surface area contributed by atoms with Crippen molar-refractivity contribution in [2.75, 3.05) is 0 Å². The SMILES string of the molecule is CCC(N)c1c(C)nn(Cc2ccn(C)n2)c1C. The predicted octanol–water partition coefficient (Wildman–Crippen LogP) is 1.69. The molecule has 0 bridgehead atoms. The molecule has 2 aromatic heterocycles. The van der Waals surface area contributed by atoms with Crippen LogP contribution in [0.25, 0.3) is 0 Å². The van der Waals surface area contributed by atoms with Gasteiger partial charge in [0.1, 0.15) is 0 Å². The third kappa shape index (κ3) is 2.31. The lowest BCUT2D eigenvalue weighted by molar-refractivity contribution is 0.626. The van der Waals surface area contributed by atoms with Crippen molar-refractivity contribution >= 4 is 0 Å². The first-order valence-corrected chi connectivity index (χ1v) is 6.31. The second kappa shape index (κ2) is 4.94. The fourth-order valence-electron chi connectivity index (χ4n) is 2.31. The molecule has 0 aliphatic rings. The highest BCUT2D eigenvalue weighted by atomic mass is 15.3. The van der Waals surface area contributed by atoms with Crippen LogP contribution >= 0.6 is 0 Å². The molecule has 1 unspecified atom stereocenters. The Kier molecular flexibility index (Phi) is 3.52. The van der Waals surface area contributed by atoms with Crippen LogP contribution in [-0.2, 0) is 13.6 Å². The molecule has 0 saturated carbocycles. The van der Waals surface area contributed by atoms with Crippen LogP contribution in [0.4, 0.5) is 0 Å². The zero-order valence-electron chi connectivity index (χ0n) is 11.5. The Morgan fingerprint density at radius 2 is 2.06 bits per heavy atom. The first-order chi connectivity index (χ1) is 8.52. The molecule has 0 aliphatic carbocycles. The van der Waals surface area contributed by atoms with Gasteiger partial charge in [-0.1, -0.05) is 6.92 Å². The van der Waals surface area contributed by atoms with Crippen molar-refractivity contribution in [1.82, 2.24) is 19.6 Å². The minimum absolute atomic E-state index is 0.0717. The van der Waals surface area contributed by atoms with E-state index in [4.69, 9.17) is 5.73 Å². The van der Waals surface area contributed by atoms with Crippen molar-refractivity contribution in [3.05, 3.63) is 34.9 Å². The summed E-state index contributed by atoms with van der Waals surface area (Å²) < 4.78 is 3.79. The summed E-state index contributed by atoms with van der Waals surface area (Å²) in [5, 5.41) is 8.95. The van der Waals surface area contributed by atoms with E-state index in [0.29, 0.717) is 6.54 Å². The first kappa shape index (κ1) is 12.8. The lowest BCUT2D eigenvalue weighted by Crippen LogP contribution is -2.11. The summed E-state index contributed by atoms with van der Waals surface area (Å²) in [6.07, 6.45) is 2.87. The topological polar surface area (TPSA) is 61.7 Å². The Morgan fingerprint density at radius 3 is 2.61 bits per heavy atom. The van der Waals surface area contributed by atoms with Crippen LogP contribution in [0.15, 0.2) is 12.3 Å². The van der Waals surface area contributed by atoms with Crippen molar-refractivity contribution in [1.29, 1.82) is 0 Å². The quantitative estimate of drug-likeness (QED) is 0.894. The third-order valence-electron chi connectivity index (χ3n) is 3.33. The van der Waals surface area contributed by atoms with Crippen molar-refractivity contribution in [2.45, 2.75) is 39.8 Å². The van der Waals surface area contributed by atoms with E-state index in [2.05, 4.69) is 24.0 Å². The molecule has 2 heterocycles. The van der Waals surface area contributed by atoms with Gasteiger partial charge in [0.05, 0.1) is 17.9 Å². The highest BCUT2D eigenvalue weighted by molar-refractivity contribution is 5.28. The molecule has 2 rings (SSSR count). The van der Waals surface area contributed by atoms with Gasteiger partial charge in [-0.3, -0.25) is 9.36 Å². The zero-order chi connectivity index (χ0) is 13.3. The van der Waals surface area contributed by atoms with Crippen LogP contribution in [0.1, 0.15) is 42.0 Å². The fraction of sp³-hybridized carbons (Fsp3) is 0.538. The smallest absolute Gasteiger partial charge is 0.0853 e. The maximum Gasteiger partial charge on any atom is 0.0853 e. The van der Waals surface area contributed by atoms with E-state index in [1.165, 1.54) is 5.56 Å². The second-order valence-electron chi connectivity index (χ2n) is 4.74. The van der Waals surface area contributed by atoms with E-state index in [1.54, 1.807) is 4.68 Å². The Hall–Kier alpha value is -1.62. The Bertz CT molecular complexity index is 538. The lowest BCUT2D eigenvalue weighted by atomic mass is 10.0. The minimum atomic E-state index is 0.0717. The zero-order valence-corrected chi connectivity index (χ0v) is 11.5. The van der Waals surface area contributed by atoms with E-state index >= 15 is 0 Å². The fourth-order valence-corrected chi connectivity index (χ4v) is 2.31. The monoisotopic (exact) mass is 247 g/mol. The molecular weight excluding hydrogens is 226 g/mol. The molecule has 2 N–H and O–H groups in total. The van der Waals surface area contributed by atoms with Gasteiger partial charge >= 0.3 is 0 Å². The number of rotatable bonds is 4. The summed E-state index contributed by atoms with van der Waals surface area (Å²) >= 11 is 0. The number of nitrogens with two attached hydrogens (primary N) is 1. The summed E-state index contributed by atoms with van der Waals surface area (Å²) in [5.74, 6) is 0. The molecule has 2 aromatic rings. The van der Waals surface area contributed by atoms with Crippen molar-refractivity contribution in [3.63, 3.8) is 0 Å². The van der Waals surface area contributed by atoms with Crippen molar-refractivity contribution in [3.8, 4) is 0 Å². The third-order valence-corrected chi connectivity index (χ3v) is 3.33. The molecule has 98 valence electrons. The Balaban J connectivity index is 2.29. The summed E-state index contributed by atoms with van der Waals surface area (Å²) in [4.78, 5) is 0. The molecule has 0 amide bonds. The van der Waals surface area contributed by atoms with Crippen LogP contribution in [0, 0.1) is 13.8 Å². The van der Waals surface area contributed by atoms with Crippen molar-refractivity contribution < 1.29 is 0 Å². The molecule has 0 saturated heterocycles. The largest absolute Gasteiger partial charge is 0.324 e. The van der Waals surface area contributed by atoms with E-state index in [1.807, 2.05) is 30.9 Å². The standard InChI is InChI=1S/C13H21N5/c1-5-12(14)13-9(2)15-18(10(13)3)8-11-6-7-17(4)16-11/h6-7,12H,5,8,14H2,1-4H3. The van der Waals surface area contributed by atoms with Gasteiger partial charge < -0.3 is 5.73 Å². The van der Waals surface area contributed by atoms with Gasteiger partial charge in [-0.25, -0.2) is 0 Å². The Morgan fingerprint density at radius 1 is 1.33 bits per heavy atom. The molecule has 0 aliphatic heterocycles. The Labute approximate surface area is 108 Å². The van der Waals surface area contributed by atoms with Crippen molar-refractivity contribution in [2.24, 2.45) is 12.8 Å². The molecule has 5 nitrogen and oxygen atoms in total. The average molecular weight is 247 g/mol. The molecule has 5 heteroatoms. The maximum absolute atomic E-state index is 6.13. The van der Waals surface area contributed by atoms with E-state index in [-0.39, 0.29) is 6.04 Å². The normalized spacial score (nSPS) is 12.9. The molecule has 0 aromatic carbocycles. The lowest BCUT2D eigenvalue weighted by Gasteiger charge is -2.09. The molecule has 1 atom stereocenters. The summed E-state index contributed by atoms with van der Waals surface area (Å²) in [6.45, 7) is 6.89. The van der Waals surface area contributed by atoms with E-state index < -0.39 is 0 Å². The van der Waals surface area contributed by atoms with Crippen LogP contribution in [0.3, 0.4) is 0 Å². The number of aromatic nitrogens is 4. The number of nitrogens with zero attached hydrogens (tertiary/aromatic N) is 4. The van der Waals surface area contributed by atoms with Gasteiger partial charge in [-0.05, 0) is 26.3 Å². The minimum Gasteiger partial charge on any atom is -0.324 e. The molecule has 0 spiro atoms. The predicted molar refractivity (Wildman–Crippen MR) is 71.2 cm³/mol. The van der Waals surface area contributed by atoms with Gasteiger partial charge in [0.2, 0.25) is 0 Å². The molecule has 0 radical (unpaired) electrons. The van der Waals surface area contributed by atoms with Crippen LogP contribution in [-0.4, -0.2) is 19.6 Å². The number of hydrogen-bond acceptors (Lipinski definition) is 3. The summed E-state index contributed by atoms with van der Waals surface area (Å²) in [6, 6.07) is 2.08. The summed E-state index contributed by atoms with van der Waals surface area (Å²) in [7, 11) is 1.92. The highest BCUT2D eigenvalue weighted by Crippen LogP contribution is 2.22. The van der Waals surface area contributed by atoms with Gasteiger partial charge in [0.25, 0.3) is 0 Å². The van der Waals surface area contributed by atoms with Gasteiger partial charge in [-0.15, -0.1) is 0 Å². The van der Waals surface area contributed by atoms with Gasteiger partial charge in [0.15, 0.2) is 0 Å². The van der Waals surface area contributed by atoms with E-state index in [9.17, 15) is 0 Å². The molecule has 0 fully saturated rings. The number of hydrogen-bond donors (Lipinski definition) is 1. The first-order valence-electron chi connectivity index (χ1n) is 6.31. The van der Waals surface area contributed by atoms with E-state index in [0.717, 1.165) is 23.5 Å². The van der Waals surface area contributed by atoms with Gasteiger partial charge in [0, 0.05) is 30.5 Å². The van der Waals surface area contributed by atoms with Gasteiger partial charge in [-0.2, -0.15) is 10.2 Å².